The van der Waals surface area contributed by atoms with Crippen molar-refractivity contribution in [2.24, 2.45) is 11.7 Å². The van der Waals surface area contributed by atoms with Gasteiger partial charge in [-0.15, -0.1) is 0 Å². The lowest BCUT2D eigenvalue weighted by Crippen LogP contribution is -2.51. The molecule has 1 aliphatic rings. The lowest BCUT2D eigenvalue weighted by molar-refractivity contribution is -0.137. The van der Waals surface area contributed by atoms with Gasteiger partial charge in [-0.2, -0.15) is 0 Å². The van der Waals surface area contributed by atoms with Gasteiger partial charge < -0.3 is 10.6 Å². The highest BCUT2D eigenvalue weighted by atomic mass is 16.2. The lowest BCUT2D eigenvalue weighted by Gasteiger charge is -2.38. The molecule has 110 valence electrons. The molecular weight excluding hydrogens is 248 g/mol. The third kappa shape index (κ3) is 3.83. The van der Waals surface area contributed by atoms with Crippen LogP contribution in [0, 0.1) is 5.92 Å². The zero-order valence-electron chi connectivity index (χ0n) is 12.6. The van der Waals surface area contributed by atoms with Crippen LogP contribution in [0.3, 0.4) is 0 Å². The molecule has 1 aliphatic heterocycles. The van der Waals surface area contributed by atoms with Crippen LogP contribution in [0.5, 0.6) is 0 Å². The Hall–Kier alpha value is -1.35. The van der Waals surface area contributed by atoms with Crippen LogP contribution in [0.25, 0.3) is 0 Å². The van der Waals surface area contributed by atoms with Crippen molar-refractivity contribution in [1.82, 2.24) is 4.90 Å². The number of piperidine rings is 1. The van der Waals surface area contributed by atoms with Crippen LogP contribution >= 0.6 is 0 Å². The molecule has 3 heteroatoms. The molecule has 1 heterocycles. The summed E-state index contributed by atoms with van der Waals surface area (Å²) in [5.74, 6) is 0.719. The van der Waals surface area contributed by atoms with E-state index in [-0.39, 0.29) is 11.9 Å². The van der Waals surface area contributed by atoms with Gasteiger partial charge in [0.1, 0.15) is 0 Å². The summed E-state index contributed by atoms with van der Waals surface area (Å²) >= 11 is 0. The summed E-state index contributed by atoms with van der Waals surface area (Å²) in [6, 6.07) is 10.2. The molecule has 1 saturated heterocycles. The van der Waals surface area contributed by atoms with Gasteiger partial charge in [0.2, 0.25) is 5.91 Å². The Balaban J connectivity index is 1.88. The van der Waals surface area contributed by atoms with Gasteiger partial charge in [-0.25, -0.2) is 0 Å². The number of benzene rings is 1. The van der Waals surface area contributed by atoms with Gasteiger partial charge in [0.05, 0.1) is 6.04 Å². The summed E-state index contributed by atoms with van der Waals surface area (Å²) in [6.45, 7) is 5.20. The second-order valence-corrected chi connectivity index (χ2v) is 6.15. The number of rotatable bonds is 4. The van der Waals surface area contributed by atoms with E-state index in [0.717, 1.165) is 25.8 Å². The first-order valence-electron chi connectivity index (χ1n) is 7.68. The maximum atomic E-state index is 12.5. The normalized spacial score (nSPS) is 24.4. The molecule has 0 aliphatic carbocycles. The number of nitrogens with zero attached hydrogens (tertiary/aromatic N) is 1. The molecule has 3 atom stereocenters. The molecule has 20 heavy (non-hydrogen) atoms. The van der Waals surface area contributed by atoms with E-state index in [0.29, 0.717) is 12.0 Å². The van der Waals surface area contributed by atoms with Crippen molar-refractivity contribution in [2.75, 3.05) is 6.54 Å². The molecular formula is C17H26N2O. The fourth-order valence-electron chi connectivity index (χ4n) is 2.90. The predicted molar refractivity (Wildman–Crippen MR) is 82.3 cm³/mol. The van der Waals surface area contributed by atoms with Gasteiger partial charge >= 0.3 is 0 Å². The minimum Gasteiger partial charge on any atom is -0.338 e. The fourth-order valence-corrected chi connectivity index (χ4v) is 2.90. The van der Waals surface area contributed by atoms with E-state index in [4.69, 9.17) is 5.73 Å². The summed E-state index contributed by atoms with van der Waals surface area (Å²) in [6.07, 6.45) is 3.90. The molecule has 2 rings (SSSR count). The van der Waals surface area contributed by atoms with Crippen molar-refractivity contribution in [1.29, 1.82) is 0 Å². The molecule has 3 unspecified atom stereocenters. The molecule has 0 saturated carbocycles. The predicted octanol–water partition coefficient (Wildman–Crippen LogP) is 2.59. The van der Waals surface area contributed by atoms with Crippen molar-refractivity contribution in [3.63, 3.8) is 0 Å². The van der Waals surface area contributed by atoms with E-state index in [1.807, 2.05) is 23.1 Å². The topological polar surface area (TPSA) is 46.3 Å². The first-order valence-corrected chi connectivity index (χ1v) is 7.68. The Kier molecular flexibility index (Phi) is 5.18. The maximum absolute atomic E-state index is 12.5. The Bertz CT molecular complexity index is 432. The van der Waals surface area contributed by atoms with Crippen LogP contribution in [0.4, 0.5) is 0 Å². The molecule has 1 fully saturated rings. The van der Waals surface area contributed by atoms with Crippen LogP contribution in [0.15, 0.2) is 30.3 Å². The van der Waals surface area contributed by atoms with Crippen molar-refractivity contribution in [3.8, 4) is 0 Å². The van der Waals surface area contributed by atoms with Gasteiger partial charge in [0.25, 0.3) is 0 Å². The van der Waals surface area contributed by atoms with E-state index in [2.05, 4.69) is 26.0 Å². The van der Waals surface area contributed by atoms with E-state index < -0.39 is 0 Å². The van der Waals surface area contributed by atoms with Crippen molar-refractivity contribution >= 4 is 5.91 Å². The average molecular weight is 274 g/mol. The minimum absolute atomic E-state index is 0.125. The molecule has 1 aromatic rings. The number of likely N-dealkylation sites (tertiary alicyclic amines) is 1. The highest BCUT2D eigenvalue weighted by molar-refractivity contribution is 5.82. The zero-order valence-corrected chi connectivity index (χ0v) is 12.6. The third-order valence-electron chi connectivity index (χ3n) is 4.30. The number of amides is 1. The standard InChI is InChI=1S/C17H26N2O/c1-13-8-9-14(2)19(12-13)17(20)16(18)11-10-15-6-4-3-5-7-15/h3-7,13-14,16H,8-12,18H2,1-2H3. The van der Waals surface area contributed by atoms with Crippen molar-refractivity contribution in [3.05, 3.63) is 35.9 Å². The Labute approximate surface area is 122 Å². The van der Waals surface area contributed by atoms with E-state index in [1.165, 1.54) is 12.0 Å². The zero-order chi connectivity index (χ0) is 14.5. The maximum Gasteiger partial charge on any atom is 0.239 e. The van der Waals surface area contributed by atoms with Crippen LogP contribution in [0.2, 0.25) is 0 Å². The molecule has 0 bridgehead atoms. The molecule has 2 N–H and O–H groups in total. The Morgan fingerprint density at radius 2 is 2.00 bits per heavy atom. The van der Waals surface area contributed by atoms with Crippen molar-refractivity contribution < 1.29 is 4.79 Å². The van der Waals surface area contributed by atoms with Crippen LogP contribution < -0.4 is 5.73 Å². The summed E-state index contributed by atoms with van der Waals surface area (Å²) < 4.78 is 0. The van der Waals surface area contributed by atoms with Gasteiger partial charge in [-0.3, -0.25) is 4.79 Å². The molecule has 0 radical (unpaired) electrons. The number of aryl methyl sites for hydroxylation is 1. The van der Waals surface area contributed by atoms with Crippen molar-refractivity contribution in [2.45, 2.75) is 51.6 Å². The van der Waals surface area contributed by atoms with E-state index >= 15 is 0 Å². The largest absolute Gasteiger partial charge is 0.338 e. The molecule has 1 aromatic carbocycles. The Morgan fingerprint density at radius 1 is 1.30 bits per heavy atom. The van der Waals surface area contributed by atoms with Gasteiger partial charge in [0, 0.05) is 12.6 Å². The van der Waals surface area contributed by atoms with E-state index in [1.54, 1.807) is 0 Å². The van der Waals surface area contributed by atoms with Crippen LogP contribution in [0.1, 0.15) is 38.7 Å². The number of hydrogen-bond acceptors (Lipinski definition) is 2. The summed E-state index contributed by atoms with van der Waals surface area (Å²) in [4.78, 5) is 14.5. The first-order chi connectivity index (χ1) is 9.58. The number of carbonyl (C=O) groups excluding carboxylic acids is 1. The molecule has 0 aromatic heterocycles. The second-order valence-electron chi connectivity index (χ2n) is 6.15. The quantitative estimate of drug-likeness (QED) is 0.917. The fraction of sp³-hybridized carbons (Fsp3) is 0.588. The lowest BCUT2D eigenvalue weighted by atomic mass is 9.94. The van der Waals surface area contributed by atoms with Crippen LogP contribution in [-0.4, -0.2) is 29.4 Å². The van der Waals surface area contributed by atoms with E-state index in [9.17, 15) is 4.79 Å². The number of nitrogens with two attached hydrogens (primary N) is 1. The molecule has 1 amide bonds. The monoisotopic (exact) mass is 274 g/mol. The number of carbonyl (C=O) groups is 1. The number of hydrogen-bond donors (Lipinski definition) is 1. The summed E-state index contributed by atoms with van der Waals surface area (Å²) in [5.41, 5.74) is 7.36. The minimum atomic E-state index is -0.372. The Morgan fingerprint density at radius 3 is 2.70 bits per heavy atom. The molecule has 0 spiro atoms. The smallest absolute Gasteiger partial charge is 0.239 e. The highest BCUT2D eigenvalue weighted by Crippen LogP contribution is 2.22. The van der Waals surface area contributed by atoms with Crippen LogP contribution in [-0.2, 0) is 11.2 Å². The third-order valence-corrected chi connectivity index (χ3v) is 4.30. The molecule has 3 nitrogen and oxygen atoms in total. The second kappa shape index (κ2) is 6.89. The van der Waals surface area contributed by atoms with Gasteiger partial charge in [0.15, 0.2) is 0 Å². The van der Waals surface area contributed by atoms with Gasteiger partial charge in [-0.05, 0) is 44.1 Å². The van der Waals surface area contributed by atoms with Gasteiger partial charge in [-0.1, -0.05) is 37.3 Å². The first kappa shape index (κ1) is 15.0. The average Bonchev–Trinajstić information content (AvgIpc) is 2.47. The summed E-state index contributed by atoms with van der Waals surface area (Å²) in [7, 11) is 0. The summed E-state index contributed by atoms with van der Waals surface area (Å²) in [5, 5.41) is 0. The SMILES string of the molecule is CC1CCC(C)N(C(=O)C(N)CCc2ccccc2)C1. The highest BCUT2D eigenvalue weighted by Gasteiger charge is 2.29.